The SMILES string of the molecule is Cl.Cn1c(C2CC2)nc2cc(NC(=O)c3ccncc3)ccc21. The average molecular weight is 329 g/mol. The molecule has 1 aromatic carbocycles. The number of carbonyl (C=O) groups is 1. The number of fused-ring (bicyclic) bond motifs is 1. The zero-order chi connectivity index (χ0) is 15.1. The number of halogens is 1. The Hall–Kier alpha value is -2.40. The van der Waals surface area contributed by atoms with E-state index in [2.05, 4.69) is 21.9 Å². The number of carbonyl (C=O) groups excluding carboxylic acids is 1. The fraction of sp³-hybridized carbons (Fsp3) is 0.235. The lowest BCUT2D eigenvalue weighted by molar-refractivity contribution is 0.102. The molecular formula is C17H17ClN4O. The smallest absolute Gasteiger partial charge is 0.255 e. The molecule has 1 fully saturated rings. The van der Waals surface area contributed by atoms with Gasteiger partial charge in [-0.1, -0.05) is 0 Å². The van der Waals surface area contributed by atoms with Crippen LogP contribution in [0.1, 0.15) is 34.9 Å². The first-order valence-electron chi connectivity index (χ1n) is 7.40. The second-order valence-electron chi connectivity index (χ2n) is 5.70. The zero-order valence-electron chi connectivity index (χ0n) is 12.7. The van der Waals surface area contributed by atoms with E-state index in [1.807, 2.05) is 18.2 Å². The van der Waals surface area contributed by atoms with Crippen LogP contribution in [-0.4, -0.2) is 20.4 Å². The van der Waals surface area contributed by atoms with Gasteiger partial charge in [-0.15, -0.1) is 12.4 Å². The number of aromatic nitrogens is 3. The van der Waals surface area contributed by atoms with Crippen molar-refractivity contribution in [2.24, 2.45) is 7.05 Å². The van der Waals surface area contributed by atoms with Gasteiger partial charge in [0, 0.05) is 36.6 Å². The Bertz CT molecular complexity index is 856. The fourth-order valence-corrected chi connectivity index (χ4v) is 2.71. The number of aryl methyl sites for hydroxylation is 1. The third-order valence-electron chi connectivity index (χ3n) is 4.06. The molecule has 1 aliphatic rings. The summed E-state index contributed by atoms with van der Waals surface area (Å²) in [6, 6.07) is 9.25. The predicted octanol–water partition coefficient (Wildman–Crippen LogP) is 3.52. The van der Waals surface area contributed by atoms with E-state index >= 15 is 0 Å². The molecular weight excluding hydrogens is 312 g/mol. The Morgan fingerprint density at radius 3 is 2.65 bits per heavy atom. The van der Waals surface area contributed by atoms with Crippen LogP contribution in [0, 0.1) is 0 Å². The van der Waals surface area contributed by atoms with E-state index < -0.39 is 0 Å². The molecule has 0 saturated heterocycles. The summed E-state index contributed by atoms with van der Waals surface area (Å²) in [5, 5.41) is 2.91. The third-order valence-corrected chi connectivity index (χ3v) is 4.06. The van der Waals surface area contributed by atoms with Crippen LogP contribution in [0.2, 0.25) is 0 Å². The van der Waals surface area contributed by atoms with Gasteiger partial charge in [0.25, 0.3) is 5.91 Å². The lowest BCUT2D eigenvalue weighted by atomic mass is 10.2. The Labute approximate surface area is 140 Å². The van der Waals surface area contributed by atoms with Crippen LogP contribution in [0.5, 0.6) is 0 Å². The van der Waals surface area contributed by atoms with Crippen LogP contribution < -0.4 is 5.32 Å². The molecule has 0 aliphatic heterocycles. The number of pyridine rings is 1. The summed E-state index contributed by atoms with van der Waals surface area (Å²) in [7, 11) is 2.05. The van der Waals surface area contributed by atoms with Crippen molar-refractivity contribution < 1.29 is 4.79 Å². The Morgan fingerprint density at radius 2 is 1.96 bits per heavy atom. The predicted molar refractivity (Wildman–Crippen MR) is 92.1 cm³/mol. The number of nitrogens with one attached hydrogen (secondary N) is 1. The molecule has 5 nitrogen and oxygen atoms in total. The molecule has 4 rings (SSSR count). The van der Waals surface area contributed by atoms with Crippen LogP contribution in [0.25, 0.3) is 11.0 Å². The van der Waals surface area contributed by atoms with E-state index in [1.54, 1.807) is 24.5 Å². The van der Waals surface area contributed by atoms with Crippen molar-refractivity contribution in [3.8, 4) is 0 Å². The minimum absolute atomic E-state index is 0. The number of hydrogen-bond donors (Lipinski definition) is 1. The summed E-state index contributed by atoms with van der Waals surface area (Å²) in [5.74, 6) is 1.61. The lowest BCUT2D eigenvalue weighted by Crippen LogP contribution is -2.11. The number of benzene rings is 1. The van der Waals surface area contributed by atoms with Gasteiger partial charge in [-0.2, -0.15) is 0 Å². The van der Waals surface area contributed by atoms with Crippen LogP contribution in [0.3, 0.4) is 0 Å². The molecule has 2 heterocycles. The first-order chi connectivity index (χ1) is 10.7. The van der Waals surface area contributed by atoms with Crippen molar-refractivity contribution in [2.75, 3.05) is 5.32 Å². The van der Waals surface area contributed by atoms with Gasteiger partial charge in [0.05, 0.1) is 11.0 Å². The number of nitrogens with zero attached hydrogens (tertiary/aromatic N) is 3. The summed E-state index contributed by atoms with van der Waals surface area (Å²) in [5.41, 5.74) is 3.38. The van der Waals surface area contributed by atoms with E-state index in [-0.39, 0.29) is 18.3 Å². The minimum atomic E-state index is -0.139. The van der Waals surface area contributed by atoms with Gasteiger partial charge < -0.3 is 9.88 Å². The summed E-state index contributed by atoms with van der Waals surface area (Å²) in [6.45, 7) is 0. The molecule has 2 aromatic heterocycles. The first-order valence-corrected chi connectivity index (χ1v) is 7.40. The number of rotatable bonds is 3. The zero-order valence-corrected chi connectivity index (χ0v) is 13.5. The third kappa shape index (κ3) is 2.92. The van der Waals surface area contributed by atoms with E-state index in [4.69, 9.17) is 4.98 Å². The summed E-state index contributed by atoms with van der Waals surface area (Å²) < 4.78 is 2.15. The topological polar surface area (TPSA) is 59.8 Å². The summed E-state index contributed by atoms with van der Waals surface area (Å²) in [4.78, 5) is 20.8. The standard InChI is InChI=1S/C17H16N4O.ClH/c1-21-15-5-4-13(10-14(15)20-16(21)11-2-3-11)19-17(22)12-6-8-18-9-7-12;/h4-11H,2-3H2,1H3,(H,19,22);1H. The number of imidazole rings is 1. The molecule has 3 aromatic rings. The second kappa shape index (κ2) is 6.01. The molecule has 1 saturated carbocycles. The molecule has 1 aliphatic carbocycles. The van der Waals surface area contributed by atoms with Crippen molar-refractivity contribution in [3.63, 3.8) is 0 Å². The number of hydrogen-bond acceptors (Lipinski definition) is 3. The average Bonchev–Trinajstić information content (AvgIpc) is 3.33. The molecule has 0 unspecified atom stereocenters. The van der Waals surface area contributed by atoms with Crippen LogP contribution in [0.4, 0.5) is 5.69 Å². The van der Waals surface area contributed by atoms with Crippen LogP contribution in [0.15, 0.2) is 42.7 Å². The van der Waals surface area contributed by atoms with Gasteiger partial charge in [0.1, 0.15) is 5.82 Å². The normalized spacial score (nSPS) is 13.6. The maximum Gasteiger partial charge on any atom is 0.255 e. The summed E-state index contributed by atoms with van der Waals surface area (Å²) >= 11 is 0. The van der Waals surface area contributed by atoms with Gasteiger partial charge in [0.15, 0.2) is 0 Å². The Balaban J connectivity index is 0.00000156. The highest BCUT2D eigenvalue weighted by molar-refractivity contribution is 6.04. The van der Waals surface area contributed by atoms with Crippen LogP contribution >= 0.6 is 12.4 Å². The molecule has 118 valence electrons. The van der Waals surface area contributed by atoms with Crippen LogP contribution in [-0.2, 0) is 7.05 Å². The monoisotopic (exact) mass is 328 g/mol. The molecule has 1 amide bonds. The van der Waals surface area contributed by atoms with E-state index in [1.165, 1.54) is 12.8 Å². The van der Waals surface area contributed by atoms with Crippen molar-refractivity contribution in [2.45, 2.75) is 18.8 Å². The van der Waals surface area contributed by atoms with E-state index in [0.717, 1.165) is 22.5 Å². The van der Waals surface area contributed by atoms with Gasteiger partial charge in [-0.3, -0.25) is 9.78 Å². The van der Waals surface area contributed by atoms with Gasteiger partial charge in [-0.25, -0.2) is 4.98 Å². The molecule has 0 spiro atoms. The molecule has 0 bridgehead atoms. The van der Waals surface area contributed by atoms with Crippen molar-refractivity contribution >= 4 is 35.0 Å². The highest BCUT2D eigenvalue weighted by Crippen LogP contribution is 2.40. The van der Waals surface area contributed by atoms with Crippen molar-refractivity contribution in [3.05, 3.63) is 54.1 Å². The second-order valence-corrected chi connectivity index (χ2v) is 5.70. The molecule has 0 atom stereocenters. The fourth-order valence-electron chi connectivity index (χ4n) is 2.71. The maximum absolute atomic E-state index is 12.2. The quantitative estimate of drug-likeness (QED) is 0.800. The molecule has 6 heteroatoms. The largest absolute Gasteiger partial charge is 0.331 e. The van der Waals surface area contributed by atoms with Gasteiger partial charge in [-0.05, 0) is 43.2 Å². The maximum atomic E-state index is 12.2. The molecule has 23 heavy (non-hydrogen) atoms. The highest BCUT2D eigenvalue weighted by atomic mass is 35.5. The number of anilines is 1. The van der Waals surface area contributed by atoms with E-state index in [9.17, 15) is 4.79 Å². The van der Waals surface area contributed by atoms with Gasteiger partial charge in [0.2, 0.25) is 0 Å². The molecule has 0 radical (unpaired) electrons. The molecule has 1 N–H and O–H groups in total. The van der Waals surface area contributed by atoms with Crippen molar-refractivity contribution in [1.82, 2.24) is 14.5 Å². The van der Waals surface area contributed by atoms with Crippen molar-refractivity contribution in [1.29, 1.82) is 0 Å². The highest BCUT2D eigenvalue weighted by Gasteiger charge is 2.28. The number of amides is 1. The van der Waals surface area contributed by atoms with Gasteiger partial charge >= 0.3 is 0 Å². The summed E-state index contributed by atoms with van der Waals surface area (Å²) in [6.07, 6.45) is 5.67. The van der Waals surface area contributed by atoms with E-state index in [0.29, 0.717) is 11.5 Å². The first kappa shape index (κ1) is 15.5. The lowest BCUT2D eigenvalue weighted by Gasteiger charge is -2.05. The Morgan fingerprint density at radius 1 is 1.22 bits per heavy atom. The Kier molecular flexibility index (Phi) is 4.05. The minimum Gasteiger partial charge on any atom is -0.331 e.